The summed E-state index contributed by atoms with van der Waals surface area (Å²) >= 11 is 0. The summed E-state index contributed by atoms with van der Waals surface area (Å²) in [5.74, 6) is 1.33. The van der Waals surface area contributed by atoms with Gasteiger partial charge in [-0.25, -0.2) is 4.57 Å². The van der Waals surface area contributed by atoms with Crippen molar-refractivity contribution in [3.8, 4) is 5.75 Å². The molecule has 122 valence electrons. The Morgan fingerprint density at radius 3 is 2.39 bits per heavy atom. The smallest absolute Gasteiger partial charge is 0.230 e. The van der Waals surface area contributed by atoms with E-state index in [1.807, 2.05) is 60.3 Å². The topological polar surface area (TPSA) is 42.2 Å². The quantitative estimate of drug-likeness (QED) is 0.797. The van der Waals surface area contributed by atoms with Crippen LogP contribution in [0, 0.1) is 12.8 Å². The van der Waals surface area contributed by atoms with Crippen LogP contribution in [0.4, 0.5) is 5.69 Å². The summed E-state index contributed by atoms with van der Waals surface area (Å²) in [5, 5.41) is 2.91. The van der Waals surface area contributed by atoms with Crippen LogP contribution in [0.3, 0.4) is 0 Å². The molecule has 0 radical (unpaired) electrons. The number of rotatable bonds is 7. The molecule has 0 spiro atoms. The van der Waals surface area contributed by atoms with E-state index in [1.54, 1.807) is 0 Å². The number of aryl methyl sites for hydroxylation is 2. The van der Waals surface area contributed by atoms with Crippen molar-refractivity contribution in [3.63, 3.8) is 0 Å². The highest BCUT2D eigenvalue weighted by atomic mass is 16.5. The number of nitrogens with zero attached hydrogens (tertiary/aromatic N) is 1. The fourth-order valence-electron chi connectivity index (χ4n) is 2.03. The molecule has 1 aromatic carbocycles. The minimum atomic E-state index is 0.00826. The Hall–Kier alpha value is -2.36. The van der Waals surface area contributed by atoms with Crippen LogP contribution < -0.4 is 14.6 Å². The number of aromatic nitrogens is 1. The molecule has 1 heterocycles. The second-order valence-corrected chi connectivity index (χ2v) is 6.14. The third kappa shape index (κ3) is 6.10. The van der Waals surface area contributed by atoms with E-state index in [0.717, 1.165) is 11.4 Å². The van der Waals surface area contributed by atoms with Crippen molar-refractivity contribution < 1.29 is 14.1 Å². The minimum Gasteiger partial charge on any atom is -0.493 e. The molecule has 1 amide bonds. The number of ether oxygens (including phenoxy) is 1. The number of benzene rings is 1. The zero-order chi connectivity index (χ0) is 16.7. The zero-order valence-corrected chi connectivity index (χ0v) is 14.1. The van der Waals surface area contributed by atoms with Gasteiger partial charge in [-0.2, -0.15) is 0 Å². The summed E-state index contributed by atoms with van der Waals surface area (Å²) in [7, 11) is 0. The van der Waals surface area contributed by atoms with E-state index < -0.39 is 0 Å². The van der Waals surface area contributed by atoms with E-state index in [9.17, 15) is 4.79 Å². The molecule has 0 saturated carbocycles. The molecule has 0 unspecified atom stereocenters. The Bertz CT molecular complexity index is 619. The SMILES string of the molecule is Cc1cc[n+](CCC(=O)Nc2ccc(OCC(C)C)cc2)cc1. The van der Waals surface area contributed by atoms with E-state index in [1.165, 1.54) is 5.56 Å². The van der Waals surface area contributed by atoms with Gasteiger partial charge in [0.25, 0.3) is 0 Å². The van der Waals surface area contributed by atoms with Gasteiger partial charge in [0.1, 0.15) is 5.75 Å². The lowest BCUT2D eigenvalue weighted by Crippen LogP contribution is -2.34. The molecule has 0 aliphatic heterocycles. The summed E-state index contributed by atoms with van der Waals surface area (Å²) in [4.78, 5) is 12.0. The Morgan fingerprint density at radius 1 is 1.13 bits per heavy atom. The maximum atomic E-state index is 12.0. The van der Waals surface area contributed by atoms with Gasteiger partial charge in [0.15, 0.2) is 18.9 Å². The maximum Gasteiger partial charge on any atom is 0.230 e. The molecule has 0 aliphatic rings. The van der Waals surface area contributed by atoms with Crippen molar-refractivity contribution >= 4 is 11.6 Å². The second-order valence-electron chi connectivity index (χ2n) is 6.14. The number of carbonyl (C=O) groups is 1. The first kappa shape index (κ1) is 17.0. The van der Waals surface area contributed by atoms with E-state index in [4.69, 9.17) is 4.74 Å². The lowest BCUT2D eigenvalue weighted by Gasteiger charge is -2.09. The molecule has 0 atom stereocenters. The predicted molar refractivity (Wildman–Crippen MR) is 91.4 cm³/mol. The van der Waals surface area contributed by atoms with Crippen molar-refractivity contribution in [2.45, 2.75) is 33.7 Å². The van der Waals surface area contributed by atoms with E-state index >= 15 is 0 Å². The largest absolute Gasteiger partial charge is 0.493 e. The number of hydrogen-bond acceptors (Lipinski definition) is 2. The van der Waals surface area contributed by atoms with Gasteiger partial charge in [0, 0.05) is 17.8 Å². The molecule has 1 N–H and O–H groups in total. The summed E-state index contributed by atoms with van der Waals surface area (Å²) in [6.45, 7) is 7.63. The molecular formula is C19H25N2O2+. The molecule has 4 nitrogen and oxygen atoms in total. The fourth-order valence-corrected chi connectivity index (χ4v) is 2.03. The van der Waals surface area contributed by atoms with Gasteiger partial charge < -0.3 is 10.1 Å². The lowest BCUT2D eigenvalue weighted by atomic mass is 10.2. The summed E-state index contributed by atoms with van der Waals surface area (Å²) in [6.07, 6.45) is 4.42. The van der Waals surface area contributed by atoms with Crippen LogP contribution in [0.25, 0.3) is 0 Å². The van der Waals surface area contributed by atoms with Crippen molar-refractivity contribution in [3.05, 3.63) is 54.4 Å². The average molecular weight is 313 g/mol. The van der Waals surface area contributed by atoms with Crippen LogP contribution in [0.2, 0.25) is 0 Å². The number of nitrogens with one attached hydrogen (secondary N) is 1. The molecular weight excluding hydrogens is 288 g/mol. The van der Waals surface area contributed by atoms with Crippen molar-refractivity contribution in [1.29, 1.82) is 0 Å². The highest BCUT2D eigenvalue weighted by molar-refractivity contribution is 5.90. The van der Waals surface area contributed by atoms with E-state index in [0.29, 0.717) is 25.5 Å². The van der Waals surface area contributed by atoms with Gasteiger partial charge in [0.05, 0.1) is 13.0 Å². The van der Waals surface area contributed by atoms with Crippen LogP contribution in [-0.4, -0.2) is 12.5 Å². The monoisotopic (exact) mass is 313 g/mol. The lowest BCUT2D eigenvalue weighted by molar-refractivity contribution is -0.695. The molecule has 0 bridgehead atoms. The van der Waals surface area contributed by atoms with Crippen LogP contribution in [0.5, 0.6) is 5.75 Å². The summed E-state index contributed by atoms with van der Waals surface area (Å²) in [5.41, 5.74) is 2.01. The maximum absolute atomic E-state index is 12.0. The molecule has 1 aromatic heterocycles. The fraction of sp³-hybridized carbons (Fsp3) is 0.368. The summed E-state index contributed by atoms with van der Waals surface area (Å²) in [6, 6.07) is 11.6. The Balaban J connectivity index is 1.79. The first-order valence-electron chi connectivity index (χ1n) is 8.01. The van der Waals surface area contributed by atoms with Gasteiger partial charge in [0.2, 0.25) is 5.91 Å². The number of carbonyl (C=O) groups excluding carboxylic acids is 1. The first-order valence-corrected chi connectivity index (χ1v) is 8.01. The molecule has 0 fully saturated rings. The standard InChI is InChI=1S/C19H24N2O2/c1-15(2)14-23-18-6-4-17(5-7-18)20-19(22)10-13-21-11-8-16(3)9-12-21/h4-9,11-12,15H,10,13-14H2,1-3H3/p+1. The van der Waals surface area contributed by atoms with Gasteiger partial charge in [-0.15, -0.1) is 0 Å². The zero-order valence-electron chi connectivity index (χ0n) is 14.1. The normalized spacial score (nSPS) is 10.6. The number of amides is 1. The van der Waals surface area contributed by atoms with E-state index in [-0.39, 0.29) is 5.91 Å². The van der Waals surface area contributed by atoms with E-state index in [2.05, 4.69) is 19.2 Å². The molecule has 4 heteroatoms. The molecule has 23 heavy (non-hydrogen) atoms. The van der Waals surface area contributed by atoms with Crippen molar-refractivity contribution in [1.82, 2.24) is 0 Å². The van der Waals surface area contributed by atoms with Gasteiger partial charge >= 0.3 is 0 Å². The average Bonchev–Trinajstić information content (AvgIpc) is 2.53. The third-order valence-electron chi connectivity index (χ3n) is 3.38. The van der Waals surface area contributed by atoms with Crippen LogP contribution in [-0.2, 0) is 11.3 Å². The molecule has 0 saturated heterocycles. The van der Waals surface area contributed by atoms with Crippen molar-refractivity contribution in [2.24, 2.45) is 5.92 Å². The van der Waals surface area contributed by atoms with Crippen LogP contribution in [0.15, 0.2) is 48.8 Å². The predicted octanol–water partition coefficient (Wildman–Crippen LogP) is 3.35. The van der Waals surface area contributed by atoms with Crippen LogP contribution >= 0.6 is 0 Å². The highest BCUT2D eigenvalue weighted by Gasteiger charge is 2.07. The number of hydrogen-bond donors (Lipinski definition) is 1. The van der Waals surface area contributed by atoms with Crippen molar-refractivity contribution in [2.75, 3.05) is 11.9 Å². The van der Waals surface area contributed by atoms with Crippen LogP contribution in [0.1, 0.15) is 25.8 Å². The Kier molecular flexibility index (Phi) is 6.15. The van der Waals surface area contributed by atoms with Gasteiger partial charge in [-0.3, -0.25) is 4.79 Å². The van der Waals surface area contributed by atoms with Gasteiger partial charge in [-0.1, -0.05) is 13.8 Å². The highest BCUT2D eigenvalue weighted by Crippen LogP contribution is 2.16. The summed E-state index contributed by atoms with van der Waals surface area (Å²) < 4.78 is 7.64. The third-order valence-corrected chi connectivity index (χ3v) is 3.38. The number of anilines is 1. The van der Waals surface area contributed by atoms with Gasteiger partial charge in [-0.05, 0) is 42.7 Å². The molecule has 2 aromatic rings. The number of pyridine rings is 1. The first-order chi connectivity index (χ1) is 11.0. The molecule has 0 aliphatic carbocycles. The molecule has 2 rings (SSSR count). The Labute approximate surface area is 138 Å². The second kappa shape index (κ2) is 8.32. The Morgan fingerprint density at radius 2 is 1.78 bits per heavy atom. The minimum absolute atomic E-state index is 0.00826.